The summed E-state index contributed by atoms with van der Waals surface area (Å²) in [4.78, 5) is 34.6. The van der Waals surface area contributed by atoms with Crippen LogP contribution in [0.2, 0.25) is 0 Å². The number of hydrogen-bond donors (Lipinski definition) is 3. The first-order chi connectivity index (χ1) is 23.2. The van der Waals surface area contributed by atoms with Gasteiger partial charge in [0.1, 0.15) is 12.7 Å². The summed E-state index contributed by atoms with van der Waals surface area (Å²) in [5.74, 6) is -0.939. The lowest BCUT2D eigenvalue weighted by Gasteiger charge is -2.20. The number of unbranched alkanes of at least 4 members (excludes halogenated alkanes) is 17. The zero-order valence-corrected chi connectivity index (χ0v) is 31.1. The average Bonchev–Trinajstić information content (AvgIpc) is 3.07. The molecule has 0 spiro atoms. The number of hydrogen-bond acceptors (Lipinski definition) is 9. The molecule has 3 unspecified atom stereocenters. The smallest absolute Gasteiger partial charge is 0.462 e. The van der Waals surface area contributed by atoms with E-state index in [-0.39, 0.29) is 19.4 Å². The van der Waals surface area contributed by atoms with Crippen molar-refractivity contribution in [3.05, 3.63) is 24.3 Å². The van der Waals surface area contributed by atoms with Gasteiger partial charge < -0.3 is 24.6 Å². The molecule has 0 bridgehead atoms. The van der Waals surface area contributed by atoms with Crippen molar-refractivity contribution in [3.63, 3.8) is 0 Å². The Labute approximate surface area is 291 Å². The fraction of sp³-hybridized carbons (Fsp3) is 0.838. The molecule has 0 aromatic heterocycles. The average molecular weight is 705 g/mol. The van der Waals surface area contributed by atoms with E-state index >= 15 is 0 Å². The lowest BCUT2D eigenvalue weighted by molar-refractivity contribution is -0.161. The molecule has 0 saturated heterocycles. The van der Waals surface area contributed by atoms with Gasteiger partial charge in [-0.3, -0.25) is 18.6 Å². The van der Waals surface area contributed by atoms with Gasteiger partial charge in [-0.15, -0.1) is 0 Å². The minimum atomic E-state index is -4.60. The van der Waals surface area contributed by atoms with Crippen LogP contribution in [0.5, 0.6) is 0 Å². The molecule has 48 heavy (non-hydrogen) atoms. The summed E-state index contributed by atoms with van der Waals surface area (Å²) in [5.41, 5.74) is 0. The summed E-state index contributed by atoms with van der Waals surface area (Å²) in [6.07, 6.45) is 30.4. The molecule has 0 radical (unpaired) electrons. The Morgan fingerprint density at radius 3 is 1.65 bits per heavy atom. The third-order valence-electron chi connectivity index (χ3n) is 7.86. The van der Waals surface area contributed by atoms with Crippen molar-refractivity contribution < 1.29 is 47.8 Å². The lowest BCUT2D eigenvalue weighted by atomic mass is 10.1. The van der Waals surface area contributed by atoms with E-state index < -0.39 is 51.8 Å². The number of phosphoric ester groups is 1. The van der Waals surface area contributed by atoms with Crippen molar-refractivity contribution in [2.24, 2.45) is 0 Å². The van der Waals surface area contributed by atoms with Crippen LogP contribution in [-0.4, -0.2) is 65.7 Å². The molecule has 3 N–H and O–H groups in total. The monoisotopic (exact) mass is 704 g/mol. The lowest BCUT2D eigenvalue weighted by Crippen LogP contribution is -2.29. The Morgan fingerprint density at radius 2 is 1.08 bits per heavy atom. The van der Waals surface area contributed by atoms with E-state index in [9.17, 15) is 24.2 Å². The quantitative estimate of drug-likeness (QED) is 0.0252. The molecule has 0 heterocycles. The van der Waals surface area contributed by atoms with Gasteiger partial charge in [0.25, 0.3) is 0 Å². The highest BCUT2D eigenvalue weighted by molar-refractivity contribution is 7.47. The predicted octanol–water partition coefficient (Wildman–Crippen LogP) is 9.05. The molecule has 0 fully saturated rings. The maximum atomic E-state index is 12.5. The Balaban J connectivity index is 4.23. The van der Waals surface area contributed by atoms with Gasteiger partial charge in [0.2, 0.25) is 0 Å². The Bertz CT molecular complexity index is 863. The van der Waals surface area contributed by atoms with Gasteiger partial charge >= 0.3 is 19.8 Å². The van der Waals surface area contributed by atoms with Gasteiger partial charge in [0, 0.05) is 12.8 Å². The van der Waals surface area contributed by atoms with E-state index in [0.717, 1.165) is 57.8 Å². The number of phosphoric acid groups is 1. The highest BCUT2D eigenvalue weighted by Crippen LogP contribution is 2.43. The normalized spacial score (nSPS) is 14.4. The first kappa shape index (κ1) is 46.5. The second kappa shape index (κ2) is 33.9. The van der Waals surface area contributed by atoms with E-state index in [1.165, 1.54) is 64.2 Å². The maximum absolute atomic E-state index is 12.5. The number of rotatable bonds is 35. The molecule has 0 aromatic rings. The zero-order chi connectivity index (χ0) is 35.6. The van der Waals surface area contributed by atoms with E-state index in [1.807, 2.05) is 0 Å². The van der Waals surface area contributed by atoms with Crippen molar-refractivity contribution in [3.8, 4) is 0 Å². The SMILES string of the molecule is CCCCC/C=C\C/C=C\CCCCCCCCCCCC(=O)OC(COC(=O)CCCCCCCC)COP(=O)(O)OCC(O)CO. The molecule has 11 heteroatoms. The van der Waals surface area contributed by atoms with Gasteiger partial charge in [0.15, 0.2) is 6.10 Å². The molecule has 0 aliphatic heterocycles. The van der Waals surface area contributed by atoms with Crippen LogP contribution >= 0.6 is 7.82 Å². The maximum Gasteiger partial charge on any atom is 0.472 e. The zero-order valence-electron chi connectivity index (χ0n) is 30.2. The van der Waals surface area contributed by atoms with Crippen molar-refractivity contribution in [2.45, 2.75) is 174 Å². The molecule has 0 amide bonds. The van der Waals surface area contributed by atoms with E-state index in [2.05, 4.69) is 42.7 Å². The fourth-order valence-corrected chi connectivity index (χ4v) is 5.69. The summed E-state index contributed by atoms with van der Waals surface area (Å²) in [6, 6.07) is 0. The number of carbonyl (C=O) groups excluding carboxylic acids is 2. The van der Waals surface area contributed by atoms with Crippen molar-refractivity contribution in [1.29, 1.82) is 0 Å². The number of carbonyl (C=O) groups is 2. The highest BCUT2D eigenvalue weighted by Gasteiger charge is 2.27. The number of allylic oxidation sites excluding steroid dienone is 4. The second-order valence-corrected chi connectivity index (χ2v) is 14.1. The van der Waals surface area contributed by atoms with Gasteiger partial charge in [-0.25, -0.2) is 4.57 Å². The van der Waals surface area contributed by atoms with Crippen LogP contribution in [0.3, 0.4) is 0 Å². The van der Waals surface area contributed by atoms with Crippen LogP contribution in [0.25, 0.3) is 0 Å². The second-order valence-electron chi connectivity index (χ2n) is 12.6. The van der Waals surface area contributed by atoms with Gasteiger partial charge in [-0.1, -0.05) is 128 Å². The van der Waals surface area contributed by atoms with Crippen molar-refractivity contribution in [2.75, 3.05) is 26.4 Å². The Kier molecular flexibility index (Phi) is 32.8. The molecular formula is C37H69O10P. The topological polar surface area (TPSA) is 149 Å². The van der Waals surface area contributed by atoms with Crippen LogP contribution in [0.15, 0.2) is 24.3 Å². The molecular weight excluding hydrogens is 635 g/mol. The van der Waals surface area contributed by atoms with E-state index in [1.54, 1.807) is 0 Å². The van der Waals surface area contributed by atoms with E-state index in [0.29, 0.717) is 12.8 Å². The van der Waals surface area contributed by atoms with Crippen LogP contribution in [0.1, 0.15) is 162 Å². The Morgan fingerprint density at radius 1 is 0.625 bits per heavy atom. The molecule has 282 valence electrons. The first-order valence-electron chi connectivity index (χ1n) is 18.8. The molecule has 0 aromatic carbocycles. The Hall–Kier alpha value is -1.55. The minimum absolute atomic E-state index is 0.181. The van der Waals surface area contributed by atoms with Crippen molar-refractivity contribution in [1.82, 2.24) is 0 Å². The summed E-state index contributed by atoms with van der Waals surface area (Å²) in [5, 5.41) is 18.2. The van der Waals surface area contributed by atoms with Gasteiger partial charge in [-0.2, -0.15) is 0 Å². The molecule has 10 nitrogen and oxygen atoms in total. The first-order valence-corrected chi connectivity index (χ1v) is 20.3. The summed E-state index contributed by atoms with van der Waals surface area (Å²) >= 11 is 0. The molecule has 3 atom stereocenters. The summed E-state index contributed by atoms with van der Waals surface area (Å²) in [7, 11) is -4.60. The third kappa shape index (κ3) is 33.0. The number of ether oxygens (including phenoxy) is 2. The fourth-order valence-electron chi connectivity index (χ4n) is 4.90. The van der Waals surface area contributed by atoms with Crippen LogP contribution in [-0.2, 0) is 32.7 Å². The summed E-state index contributed by atoms with van der Waals surface area (Å²) < 4.78 is 32.4. The van der Waals surface area contributed by atoms with Crippen LogP contribution in [0, 0.1) is 0 Å². The minimum Gasteiger partial charge on any atom is -0.462 e. The predicted molar refractivity (Wildman–Crippen MR) is 191 cm³/mol. The number of aliphatic hydroxyl groups excluding tert-OH is 2. The summed E-state index contributed by atoms with van der Waals surface area (Å²) in [6.45, 7) is 2.26. The van der Waals surface area contributed by atoms with Gasteiger partial charge in [-0.05, 0) is 44.9 Å². The standard InChI is InChI=1S/C37H69O10P/c1-3-5-7-9-11-12-13-14-15-16-17-18-19-20-21-22-23-25-27-29-37(41)47-35(33-46-48(42,43)45-31-34(39)30-38)32-44-36(40)28-26-24-10-8-6-4-2/h11-12,14-15,34-35,38-39H,3-10,13,16-33H2,1-2H3,(H,42,43)/b12-11-,15-14-. The van der Waals surface area contributed by atoms with Crippen LogP contribution < -0.4 is 0 Å². The van der Waals surface area contributed by atoms with E-state index in [4.69, 9.17) is 19.1 Å². The largest absolute Gasteiger partial charge is 0.472 e. The third-order valence-corrected chi connectivity index (χ3v) is 8.81. The van der Waals surface area contributed by atoms with Crippen LogP contribution in [0.4, 0.5) is 0 Å². The molecule has 0 saturated carbocycles. The molecule has 0 aliphatic carbocycles. The number of aliphatic hydroxyl groups is 2. The van der Waals surface area contributed by atoms with Crippen molar-refractivity contribution >= 4 is 19.8 Å². The molecule has 0 rings (SSSR count). The molecule has 0 aliphatic rings. The van der Waals surface area contributed by atoms with Gasteiger partial charge in [0.05, 0.1) is 19.8 Å². The highest BCUT2D eigenvalue weighted by atomic mass is 31.2. The number of esters is 2.